The third-order valence-corrected chi connectivity index (χ3v) is 4.11. The summed E-state index contributed by atoms with van der Waals surface area (Å²) < 4.78 is 5.59. The molecule has 4 nitrogen and oxygen atoms in total. The van der Waals surface area contributed by atoms with Gasteiger partial charge in [-0.25, -0.2) is 0 Å². The smallest absolute Gasteiger partial charge is 0.219 e. The van der Waals surface area contributed by atoms with E-state index in [2.05, 4.69) is 43.9 Å². The van der Waals surface area contributed by atoms with E-state index < -0.39 is 0 Å². The minimum Gasteiger partial charge on any atom is -0.495 e. The van der Waals surface area contributed by atoms with Crippen molar-refractivity contribution >= 4 is 11.6 Å². The summed E-state index contributed by atoms with van der Waals surface area (Å²) in [7, 11) is 1.72. The van der Waals surface area contributed by atoms with Gasteiger partial charge in [0, 0.05) is 33.1 Å². The summed E-state index contributed by atoms with van der Waals surface area (Å²) in [5, 5.41) is 0. The molecule has 21 heavy (non-hydrogen) atoms. The van der Waals surface area contributed by atoms with Crippen LogP contribution in [0.25, 0.3) is 0 Å². The van der Waals surface area contributed by atoms with Gasteiger partial charge in [-0.15, -0.1) is 0 Å². The number of carbonyl (C=O) groups is 1. The summed E-state index contributed by atoms with van der Waals surface area (Å²) in [4.78, 5) is 15.6. The van der Waals surface area contributed by atoms with E-state index in [0.29, 0.717) is 0 Å². The zero-order chi connectivity index (χ0) is 15.6. The molecule has 4 heteroatoms. The molecule has 0 radical (unpaired) electrons. The second-order valence-corrected chi connectivity index (χ2v) is 6.63. The maximum atomic E-state index is 11.4. The van der Waals surface area contributed by atoms with Crippen molar-refractivity contribution in [3.8, 4) is 5.75 Å². The van der Waals surface area contributed by atoms with Crippen LogP contribution in [0.1, 0.15) is 33.3 Å². The van der Waals surface area contributed by atoms with Gasteiger partial charge in [-0.2, -0.15) is 0 Å². The van der Waals surface area contributed by atoms with Crippen LogP contribution in [0, 0.1) is 0 Å². The molecule has 1 aliphatic heterocycles. The van der Waals surface area contributed by atoms with Crippen LogP contribution in [-0.4, -0.2) is 44.1 Å². The van der Waals surface area contributed by atoms with Crippen LogP contribution in [0.5, 0.6) is 5.75 Å². The first-order chi connectivity index (χ1) is 9.82. The third-order valence-electron chi connectivity index (χ3n) is 4.11. The molecule has 1 heterocycles. The Morgan fingerprint density at radius 2 is 1.76 bits per heavy atom. The average Bonchev–Trinajstić information content (AvgIpc) is 2.45. The van der Waals surface area contributed by atoms with E-state index >= 15 is 0 Å². The Morgan fingerprint density at radius 3 is 2.24 bits per heavy atom. The van der Waals surface area contributed by atoms with Crippen LogP contribution in [0.4, 0.5) is 5.69 Å². The minimum absolute atomic E-state index is 0.110. The summed E-state index contributed by atoms with van der Waals surface area (Å²) >= 11 is 0. The van der Waals surface area contributed by atoms with Crippen molar-refractivity contribution in [3.05, 3.63) is 23.8 Å². The van der Waals surface area contributed by atoms with E-state index in [1.54, 1.807) is 14.0 Å². The molecule has 0 aromatic heterocycles. The second kappa shape index (κ2) is 5.96. The largest absolute Gasteiger partial charge is 0.495 e. The topological polar surface area (TPSA) is 32.8 Å². The highest BCUT2D eigenvalue weighted by atomic mass is 16.5. The van der Waals surface area contributed by atoms with Gasteiger partial charge in [0.2, 0.25) is 5.91 Å². The quantitative estimate of drug-likeness (QED) is 0.839. The molecule has 0 unspecified atom stereocenters. The molecule has 1 saturated heterocycles. The number of benzene rings is 1. The Balaban J connectivity index is 2.19. The lowest BCUT2D eigenvalue weighted by atomic mass is 9.87. The third kappa shape index (κ3) is 3.49. The van der Waals surface area contributed by atoms with Gasteiger partial charge in [0.05, 0.1) is 12.8 Å². The van der Waals surface area contributed by atoms with E-state index in [-0.39, 0.29) is 11.3 Å². The Bertz CT molecular complexity index is 512. The van der Waals surface area contributed by atoms with Crippen molar-refractivity contribution in [2.75, 3.05) is 38.2 Å². The number of piperazine rings is 1. The predicted molar refractivity (Wildman–Crippen MR) is 86.2 cm³/mol. The maximum Gasteiger partial charge on any atom is 0.219 e. The van der Waals surface area contributed by atoms with Gasteiger partial charge in [0.25, 0.3) is 0 Å². The van der Waals surface area contributed by atoms with Crippen LogP contribution >= 0.6 is 0 Å². The Morgan fingerprint density at radius 1 is 1.14 bits per heavy atom. The van der Waals surface area contributed by atoms with Gasteiger partial charge in [-0.3, -0.25) is 4.79 Å². The number of hydrogen-bond donors (Lipinski definition) is 0. The predicted octanol–water partition coefficient (Wildman–Crippen LogP) is 2.66. The molecule has 2 rings (SSSR count). The molecule has 0 N–H and O–H groups in total. The number of hydrogen-bond acceptors (Lipinski definition) is 3. The second-order valence-electron chi connectivity index (χ2n) is 6.63. The Labute approximate surface area is 127 Å². The number of rotatable bonds is 2. The summed E-state index contributed by atoms with van der Waals surface area (Å²) in [6.45, 7) is 11.5. The maximum absolute atomic E-state index is 11.4. The first-order valence-electron chi connectivity index (χ1n) is 7.52. The van der Waals surface area contributed by atoms with Crippen molar-refractivity contribution < 1.29 is 9.53 Å². The highest BCUT2D eigenvalue weighted by molar-refractivity contribution is 5.73. The minimum atomic E-state index is 0.110. The molecule has 0 atom stereocenters. The fraction of sp³-hybridized carbons (Fsp3) is 0.588. The monoisotopic (exact) mass is 290 g/mol. The van der Waals surface area contributed by atoms with Gasteiger partial charge in [0.1, 0.15) is 5.75 Å². The standard InChI is InChI=1S/C17H26N2O2/c1-13(20)18-8-10-19(11-9-18)15-7-6-14(17(2,3)4)12-16(15)21-5/h6-7,12H,8-11H2,1-5H3. The number of amides is 1. The normalized spacial score (nSPS) is 16.0. The molecule has 1 aromatic rings. The molecule has 0 bridgehead atoms. The fourth-order valence-electron chi connectivity index (χ4n) is 2.67. The van der Waals surface area contributed by atoms with E-state index in [1.807, 2.05) is 4.90 Å². The van der Waals surface area contributed by atoms with Crippen LogP contribution in [0.15, 0.2) is 18.2 Å². The van der Waals surface area contributed by atoms with Crippen LogP contribution in [0.3, 0.4) is 0 Å². The molecule has 0 spiro atoms. The molecule has 0 saturated carbocycles. The fourth-order valence-corrected chi connectivity index (χ4v) is 2.67. The summed E-state index contributed by atoms with van der Waals surface area (Å²) in [5.41, 5.74) is 2.50. The van der Waals surface area contributed by atoms with Gasteiger partial charge >= 0.3 is 0 Å². The summed E-state index contributed by atoms with van der Waals surface area (Å²) in [6.07, 6.45) is 0. The lowest BCUT2D eigenvalue weighted by Crippen LogP contribution is -2.48. The molecule has 1 aliphatic rings. The first-order valence-corrected chi connectivity index (χ1v) is 7.52. The molecular weight excluding hydrogens is 264 g/mol. The Kier molecular flexibility index (Phi) is 4.45. The Hall–Kier alpha value is -1.71. The summed E-state index contributed by atoms with van der Waals surface area (Å²) in [5.74, 6) is 1.07. The van der Waals surface area contributed by atoms with Gasteiger partial charge in [-0.05, 0) is 23.1 Å². The SMILES string of the molecule is COc1cc(C(C)(C)C)ccc1N1CCN(C(C)=O)CC1. The van der Waals surface area contributed by atoms with Crippen molar-refractivity contribution in [2.45, 2.75) is 33.1 Å². The van der Waals surface area contributed by atoms with Gasteiger partial charge < -0.3 is 14.5 Å². The van der Waals surface area contributed by atoms with Gasteiger partial charge in [0.15, 0.2) is 0 Å². The first kappa shape index (κ1) is 15.7. The zero-order valence-corrected chi connectivity index (χ0v) is 13.8. The number of methoxy groups -OCH3 is 1. The molecule has 1 fully saturated rings. The summed E-state index contributed by atoms with van der Waals surface area (Å²) in [6, 6.07) is 6.45. The number of nitrogens with zero attached hydrogens (tertiary/aromatic N) is 2. The average molecular weight is 290 g/mol. The molecule has 0 aliphatic carbocycles. The van der Waals surface area contributed by atoms with Crippen molar-refractivity contribution in [1.82, 2.24) is 4.90 Å². The van der Waals surface area contributed by atoms with Crippen molar-refractivity contribution in [1.29, 1.82) is 0 Å². The van der Waals surface area contributed by atoms with Gasteiger partial charge in [-0.1, -0.05) is 26.8 Å². The van der Waals surface area contributed by atoms with Crippen molar-refractivity contribution in [2.24, 2.45) is 0 Å². The number of ether oxygens (including phenoxy) is 1. The molecule has 1 aromatic carbocycles. The van der Waals surface area contributed by atoms with Crippen LogP contribution in [-0.2, 0) is 10.2 Å². The zero-order valence-electron chi connectivity index (χ0n) is 13.8. The van der Waals surface area contributed by atoms with Crippen LogP contribution in [0.2, 0.25) is 0 Å². The van der Waals surface area contributed by atoms with Crippen molar-refractivity contribution in [3.63, 3.8) is 0 Å². The molecular formula is C17H26N2O2. The van der Waals surface area contributed by atoms with Crippen LogP contribution < -0.4 is 9.64 Å². The molecule has 116 valence electrons. The van der Waals surface area contributed by atoms with E-state index in [0.717, 1.165) is 37.6 Å². The highest BCUT2D eigenvalue weighted by Gasteiger charge is 2.22. The highest BCUT2D eigenvalue weighted by Crippen LogP contribution is 2.34. The van der Waals surface area contributed by atoms with E-state index in [1.165, 1.54) is 5.56 Å². The number of anilines is 1. The number of carbonyl (C=O) groups excluding carboxylic acids is 1. The molecule has 1 amide bonds. The lowest BCUT2D eigenvalue weighted by Gasteiger charge is -2.36. The van der Waals surface area contributed by atoms with E-state index in [4.69, 9.17) is 4.74 Å². The van der Waals surface area contributed by atoms with E-state index in [9.17, 15) is 4.79 Å². The lowest BCUT2D eigenvalue weighted by molar-refractivity contribution is -0.129.